The number of anilines is 1. The molecular weight excluding hydrogens is 192 g/mol. The topological polar surface area (TPSA) is 64.3 Å². The zero-order chi connectivity index (χ0) is 10.8. The third kappa shape index (κ3) is 1.64. The van der Waals surface area contributed by atoms with Gasteiger partial charge < -0.3 is 10.0 Å². The minimum absolute atomic E-state index is 0.405. The maximum atomic E-state index is 10.8. The van der Waals surface area contributed by atoms with Gasteiger partial charge >= 0.3 is 5.97 Å². The van der Waals surface area contributed by atoms with Crippen molar-refractivity contribution < 1.29 is 9.90 Å². The maximum Gasteiger partial charge on any atom is 0.326 e. The first-order valence-electron chi connectivity index (χ1n) is 4.72. The van der Waals surface area contributed by atoms with Crippen LogP contribution in [0.5, 0.6) is 0 Å². The van der Waals surface area contributed by atoms with Gasteiger partial charge in [-0.05, 0) is 30.7 Å². The monoisotopic (exact) mass is 202 g/mol. The molecule has 1 heterocycles. The number of aliphatic carboxylic acids is 1. The van der Waals surface area contributed by atoms with Crippen LogP contribution in [-0.2, 0) is 4.79 Å². The lowest BCUT2D eigenvalue weighted by Gasteiger charge is -2.39. The molecular formula is C11H10N2O2. The first kappa shape index (κ1) is 9.53. The fourth-order valence-corrected chi connectivity index (χ4v) is 1.68. The van der Waals surface area contributed by atoms with E-state index >= 15 is 0 Å². The molecule has 0 saturated carbocycles. The molecule has 1 unspecified atom stereocenters. The third-order valence-electron chi connectivity index (χ3n) is 2.63. The molecule has 0 amide bonds. The Morgan fingerprint density at radius 2 is 2.13 bits per heavy atom. The molecule has 4 heteroatoms. The number of carboxylic acid groups (broad SMARTS) is 1. The highest BCUT2D eigenvalue weighted by atomic mass is 16.4. The van der Waals surface area contributed by atoms with Crippen LogP contribution in [0.4, 0.5) is 5.69 Å². The van der Waals surface area contributed by atoms with E-state index in [1.807, 2.05) is 11.0 Å². The number of nitrogens with zero attached hydrogens (tertiary/aromatic N) is 2. The van der Waals surface area contributed by atoms with Crippen LogP contribution in [0.3, 0.4) is 0 Å². The van der Waals surface area contributed by atoms with Crippen LogP contribution in [0.15, 0.2) is 24.3 Å². The summed E-state index contributed by atoms with van der Waals surface area (Å²) in [6.45, 7) is 0.767. The molecule has 4 nitrogen and oxygen atoms in total. The van der Waals surface area contributed by atoms with Crippen LogP contribution in [0, 0.1) is 11.3 Å². The predicted octanol–water partition coefficient (Wildman–Crippen LogP) is 1.22. The van der Waals surface area contributed by atoms with E-state index in [2.05, 4.69) is 0 Å². The van der Waals surface area contributed by atoms with Crippen LogP contribution in [0.25, 0.3) is 0 Å². The molecule has 15 heavy (non-hydrogen) atoms. The highest BCUT2D eigenvalue weighted by Crippen LogP contribution is 2.26. The van der Waals surface area contributed by atoms with Gasteiger partial charge in [0.25, 0.3) is 0 Å². The number of carbonyl (C=O) groups is 1. The fraction of sp³-hybridized carbons (Fsp3) is 0.273. The molecule has 1 saturated heterocycles. The Hall–Kier alpha value is -2.02. The summed E-state index contributed by atoms with van der Waals surface area (Å²) in [6.07, 6.45) is 0.690. The Balaban J connectivity index is 2.17. The molecule has 1 aromatic rings. The van der Waals surface area contributed by atoms with Gasteiger partial charge in [-0.2, -0.15) is 5.26 Å². The van der Waals surface area contributed by atoms with Crippen LogP contribution < -0.4 is 4.90 Å². The Bertz CT molecular complexity index is 419. The molecule has 0 bridgehead atoms. The van der Waals surface area contributed by atoms with Crippen molar-refractivity contribution in [3.63, 3.8) is 0 Å². The second-order valence-electron chi connectivity index (χ2n) is 3.49. The quantitative estimate of drug-likeness (QED) is 0.783. The molecule has 1 atom stereocenters. The van der Waals surface area contributed by atoms with Crippen molar-refractivity contribution in [2.75, 3.05) is 11.4 Å². The van der Waals surface area contributed by atoms with Gasteiger partial charge in [0.15, 0.2) is 0 Å². The Labute approximate surface area is 87.4 Å². The first-order chi connectivity index (χ1) is 7.22. The first-order valence-corrected chi connectivity index (χ1v) is 4.72. The summed E-state index contributed by atoms with van der Waals surface area (Å²) in [7, 11) is 0. The van der Waals surface area contributed by atoms with Crippen LogP contribution >= 0.6 is 0 Å². The van der Waals surface area contributed by atoms with E-state index in [-0.39, 0.29) is 0 Å². The fourth-order valence-electron chi connectivity index (χ4n) is 1.68. The zero-order valence-corrected chi connectivity index (χ0v) is 8.05. The summed E-state index contributed by atoms with van der Waals surface area (Å²) in [6, 6.07) is 8.60. The largest absolute Gasteiger partial charge is 0.480 e. The summed E-state index contributed by atoms with van der Waals surface area (Å²) in [5.74, 6) is -0.786. The van der Waals surface area contributed by atoms with E-state index in [1.165, 1.54) is 0 Å². The average molecular weight is 202 g/mol. The molecule has 2 rings (SSSR count). The molecule has 0 aliphatic carbocycles. The Kier molecular flexibility index (Phi) is 2.30. The summed E-state index contributed by atoms with van der Waals surface area (Å²) in [5.41, 5.74) is 1.46. The summed E-state index contributed by atoms with van der Waals surface area (Å²) >= 11 is 0. The van der Waals surface area contributed by atoms with E-state index in [1.54, 1.807) is 24.3 Å². The SMILES string of the molecule is N#Cc1ccc(N2CCC2C(=O)O)cc1. The number of rotatable bonds is 2. The second kappa shape index (κ2) is 3.62. The normalized spacial score (nSPS) is 19.1. The number of benzene rings is 1. The molecule has 0 spiro atoms. The van der Waals surface area contributed by atoms with Gasteiger partial charge in [0.1, 0.15) is 6.04 Å². The lowest BCUT2D eigenvalue weighted by molar-refractivity contribution is -0.139. The second-order valence-corrected chi connectivity index (χ2v) is 3.49. The zero-order valence-electron chi connectivity index (χ0n) is 8.05. The standard InChI is InChI=1S/C11H10N2O2/c12-7-8-1-3-9(4-2-8)13-6-5-10(13)11(14)15/h1-4,10H,5-6H2,(H,14,15). The molecule has 1 aromatic carbocycles. The van der Waals surface area contributed by atoms with Crippen molar-refractivity contribution in [1.29, 1.82) is 5.26 Å². The third-order valence-corrected chi connectivity index (χ3v) is 2.63. The van der Waals surface area contributed by atoms with Crippen molar-refractivity contribution in [1.82, 2.24) is 0 Å². The van der Waals surface area contributed by atoms with E-state index in [9.17, 15) is 4.79 Å². The average Bonchev–Trinajstić information content (AvgIpc) is 2.16. The minimum atomic E-state index is -0.786. The molecule has 0 aromatic heterocycles. The Morgan fingerprint density at radius 3 is 2.53 bits per heavy atom. The highest BCUT2D eigenvalue weighted by Gasteiger charge is 2.33. The van der Waals surface area contributed by atoms with Crippen molar-refractivity contribution in [3.8, 4) is 6.07 Å². The number of hydrogen-bond donors (Lipinski definition) is 1. The van der Waals surface area contributed by atoms with Gasteiger partial charge in [0, 0.05) is 12.2 Å². The van der Waals surface area contributed by atoms with Gasteiger partial charge in [-0.1, -0.05) is 0 Å². The van der Waals surface area contributed by atoms with Crippen LogP contribution in [-0.4, -0.2) is 23.7 Å². The van der Waals surface area contributed by atoms with Crippen molar-refractivity contribution in [2.45, 2.75) is 12.5 Å². The van der Waals surface area contributed by atoms with E-state index in [0.29, 0.717) is 12.0 Å². The lowest BCUT2D eigenvalue weighted by Crippen LogP contribution is -2.52. The smallest absolute Gasteiger partial charge is 0.326 e. The summed E-state index contributed by atoms with van der Waals surface area (Å²) in [5, 5.41) is 17.5. The molecule has 1 N–H and O–H groups in total. The molecule has 1 aliphatic rings. The van der Waals surface area contributed by atoms with Gasteiger partial charge in [-0.25, -0.2) is 4.79 Å². The van der Waals surface area contributed by atoms with E-state index in [0.717, 1.165) is 12.2 Å². The minimum Gasteiger partial charge on any atom is -0.480 e. The van der Waals surface area contributed by atoms with Gasteiger partial charge in [0.05, 0.1) is 11.6 Å². The summed E-state index contributed by atoms with van der Waals surface area (Å²) < 4.78 is 0. The highest BCUT2D eigenvalue weighted by molar-refractivity contribution is 5.80. The van der Waals surface area contributed by atoms with Gasteiger partial charge in [-0.15, -0.1) is 0 Å². The lowest BCUT2D eigenvalue weighted by atomic mass is 10.0. The molecule has 76 valence electrons. The Morgan fingerprint density at radius 1 is 1.47 bits per heavy atom. The maximum absolute atomic E-state index is 10.8. The van der Waals surface area contributed by atoms with Crippen molar-refractivity contribution in [2.24, 2.45) is 0 Å². The van der Waals surface area contributed by atoms with E-state index in [4.69, 9.17) is 10.4 Å². The van der Waals surface area contributed by atoms with E-state index < -0.39 is 12.0 Å². The van der Waals surface area contributed by atoms with Crippen LogP contribution in [0.1, 0.15) is 12.0 Å². The van der Waals surface area contributed by atoms with Crippen LogP contribution in [0.2, 0.25) is 0 Å². The van der Waals surface area contributed by atoms with Crippen molar-refractivity contribution in [3.05, 3.63) is 29.8 Å². The number of hydrogen-bond acceptors (Lipinski definition) is 3. The van der Waals surface area contributed by atoms with Gasteiger partial charge in [-0.3, -0.25) is 0 Å². The van der Waals surface area contributed by atoms with Gasteiger partial charge in [0.2, 0.25) is 0 Å². The predicted molar refractivity (Wildman–Crippen MR) is 54.5 cm³/mol. The molecule has 1 fully saturated rings. The number of carboxylic acids is 1. The van der Waals surface area contributed by atoms with Crippen molar-refractivity contribution >= 4 is 11.7 Å². The molecule has 0 radical (unpaired) electrons. The summed E-state index contributed by atoms with van der Waals surface area (Å²) in [4.78, 5) is 12.6. The molecule has 1 aliphatic heterocycles. The number of nitriles is 1.